The van der Waals surface area contributed by atoms with Crippen molar-refractivity contribution in [3.05, 3.63) is 35.9 Å². The average molecular weight is 388 g/mol. The standard InChI is InChI=1S/C21H28N2O5/c24-15-21(7-10-27-11-8-21)20(26)22-13-17-18(14-22)28-9-6-19(25)23(17)12-16-4-2-1-3-5-16/h1-5,17-18,24H,6-15H2/t17-,18-/m0/s1. The Morgan fingerprint density at radius 1 is 1.14 bits per heavy atom. The minimum absolute atomic E-state index is 0.0397. The summed E-state index contributed by atoms with van der Waals surface area (Å²) in [5, 5.41) is 9.97. The zero-order valence-corrected chi connectivity index (χ0v) is 16.1. The Labute approximate surface area is 165 Å². The van der Waals surface area contributed by atoms with Crippen LogP contribution in [-0.2, 0) is 25.6 Å². The lowest BCUT2D eigenvalue weighted by Crippen LogP contribution is -2.49. The van der Waals surface area contributed by atoms with Gasteiger partial charge in [-0.2, -0.15) is 0 Å². The Bertz CT molecular complexity index is 704. The molecule has 0 saturated carbocycles. The third kappa shape index (κ3) is 3.66. The molecule has 0 radical (unpaired) electrons. The van der Waals surface area contributed by atoms with Crippen LogP contribution in [0.1, 0.15) is 24.8 Å². The number of ether oxygens (including phenoxy) is 2. The zero-order valence-electron chi connectivity index (χ0n) is 16.1. The molecule has 0 bridgehead atoms. The number of benzene rings is 1. The molecule has 2 atom stereocenters. The summed E-state index contributed by atoms with van der Waals surface area (Å²) in [4.78, 5) is 29.7. The van der Waals surface area contributed by atoms with Crippen LogP contribution in [0.4, 0.5) is 0 Å². The van der Waals surface area contributed by atoms with Gasteiger partial charge in [-0.25, -0.2) is 0 Å². The van der Waals surface area contributed by atoms with Crippen LogP contribution < -0.4 is 0 Å². The average Bonchev–Trinajstić information content (AvgIpc) is 3.10. The SMILES string of the molecule is O=C1CCO[C@H]2CN(C(=O)C3(CO)CCOCC3)C[C@@H]2N1Cc1ccccc1. The lowest BCUT2D eigenvalue weighted by atomic mass is 9.79. The molecule has 3 aliphatic heterocycles. The Balaban J connectivity index is 1.53. The normalized spacial score (nSPS) is 27.4. The topological polar surface area (TPSA) is 79.3 Å². The highest BCUT2D eigenvalue weighted by atomic mass is 16.5. The summed E-state index contributed by atoms with van der Waals surface area (Å²) < 4.78 is 11.3. The van der Waals surface area contributed by atoms with Gasteiger partial charge in [0.2, 0.25) is 11.8 Å². The third-order valence-electron chi connectivity index (χ3n) is 6.29. The number of likely N-dealkylation sites (tertiary alicyclic amines) is 1. The van der Waals surface area contributed by atoms with Crippen molar-refractivity contribution in [3.63, 3.8) is 0 Å². The van der Waals surface area contributed by atoms with Crippen molar-refractivity contribution in [2.24, 2.45) is 5.41 Å². The fourth-order valence-electron chi connectivity index (χ4n) is 4.53. The van der Waals surface area contributed by atoms with Gasteiger partial charge in [-0.1, -0.05) is 30.3 Å². The molecular formula is C21H28N2O5. The number of carbonyl (C=O) groups is 2. The second-order valence-corrected chi connectivity index (χ2v) is 7.99. The van der Waals surface area contributed by atoms with E-state index in [1.807, 2.05) is 35.2 Å². The van der Waals surface area contributed by atoms with Gasteiger partial charge in [-0.15, -0.1) is 0 Å². The van der Waals surface area contributed by atoms with Gasteiger partial charge in [0.05, 0.1) is 37.2 Å². The van der Waals surface area contributed by atoms with Crippen LogP contribution in [-0.4, -0.2) is 78.4 Å². The Morgan fingerprint density at radius 3 is 2.61 bits per heavy atom. The number of aliphatic hydroxyl groups excluding tert-OH is 1. The summed E-state index contributed by atoms with van der Waals surface area (Å²) in [6.45, 7) is 2.62. The molecule has 1 aromatic carbocycles. The van der Waals surface area contributed by atoms with Gasteiger partial charge in [0.25, 0.3) is 0 Å². The number of hydrogen-bond donors (Lipinski definition) is 1. The van der Waals surface area contributed by atoms with E-state index >= 15 is 0 Å². The van der Waals surface area contributed by atoms with E-state index in [4.69, 9.17) is 9.47 Å². The number of aliphatic hydroxyl groups is 1. The Kier molecular flexibility index (Phi) is 5.66. The smallest absolute Gasteiger partial charge is 0.231 e. The molecule has 7 nitrogen and oxygen atoms in total. The lowest BCUT2D eigenvalue weighted by molar-refractivity contribution is -0.151. The van der Waals surface area contributed by atoms with E-state index in [9.17, 15) is 14.7 Å². The molecule has 0 aliphatic carbocycles. The molecule has 3 fully saturated rings. The minimum atomic E-state index is -0.768. The van der Waals surface area contributed by atoms with Gasteiger partial charge in [0, 0.05) is 32.8 Å². The summed E-state index contributed by atoms with van der Waals surface area (Å²) >= 11 is 0. The molecule has 1 aromatic rings. The van der Waals surface area contributed by atoms with Crippen LogP contribution in [0.25, 0.3) is 0 Å². The van der Waals surface area contributed by atoms with E-state index in [0.717, 1.165) is 5.56 Å². The van der Waals surface area contributed by atoms with E-state index in [1.54, 1.807) is 4.90 Å². The minimum Gasteiger partial charge on any atom is -0.395 e. The van der Waals surface area contributed by atoms with E-state index in [-0.39, 0.29) is 30.6 Å². The molecule has 152 valence electrons. The number of carbonyl (C=O) groups excluding carboxylic acids is 2. The molecule has 0 unspecified atom stereocenters. The van der Waals surface area contributed by atoms with Gasteiger partial charge in [0.15, 0.2) is 0 Å². The first-order valence-corrected chi connectivity index (χ1v) is 10.1. The van der Waals surface area contributed by atoms with Crippen molar-refractivity contribution >= 4 is 11.8 Å². The van der Waals surface area contributed by atoms with Crippen LogP contribution in [0.3, 0.4) is 0 Å². The number of hydrogen-bond acceptors (Lipinski definition) is 5. The maximum absolute atomic E-state index is 13.3. The predicted octanol–water partition coefficient (Wildman–Crippen LogP) is 0.804. The second kappa shape index (κ2) is 8.19. The summed E-state index contributed by atoms with van der Waals surface area (Å²) in [5.74, 6) is 0.0238. The van der Waals surface area contributed by atoms with Gasteiger partial charge < -0.3 is 24.4 Å². The first-order valence-electron chi connectivity index (χ1n) is 10.1. The van der Waals surface area contributed by atoms with Crippen LogP contribution in [0.5, 0.6) is 0 Å². The Hall–Kier alpha value is -1.96. The fraction of sp³-hybridized carbons (Fsp3) is 0.619. The molecular weight excluding hydrogens is 360 g/mol. The van der Waals surface area contributed by atoms with Crippen molar-refractivity contribution in [3.8, 4) is 0 Å². The molecule has 0 spiro atoms. The van der Waals surface area contributed by atoms with Crippen LogP contribution >= 0.6 is 0 Å². The highest BCUT2D eigenvalue weighted by molar-refractivity contribution is 5.84. The van der Waals surface area contributed by atoms with E-state index in [2.05, 4.69) is 0 Å². The van der Waals surface area contributed by atoms with Crippen molar-refractivity contribution in [2.45, 2.75) is 38.0 Å². The van der Waals surface area contributed by atoms with Crippen molar-refractivity contribution < 1.29 is 24.2 Å². The van der Waals surface area contributed by atoms with Crippen LogP contribution in [0, 0.1) is 5.41 Å². The molecule has 28 heavy (non-hydrogen) atoms. The summed E-state index contributed by atoms with van der Waals surface area (Å²) in [5.41, 5.74) is 0.299. The summed E-state index contributed by atoms with van der Waals surface area (Å²) in [7, 11) is 0. The molecule has 7 heteroatoms. The maximum Gasteiger partial charge on any atom is 0.231 e. The van der Waals surface area contributed by atoms with Crippen LogP contribution in [0.15, 0.2) is 30.3 Å². The number of amides is 2. The van der Waals surface area contributed by atoms with E-state index in [1.165, 1.54) is 0 Å². The number of fused-ring (bicyclic) bond motifs is 1. The molecule has 4 rings (SSSR count). The molecule has 3 heterocycles. The first-order chi connectivity index (χ1) is 13.6. The summed E-state index contributed by atoms with van der Waals surface area (Å²) in [6, 6.07) is 9.74. The highest BCUT2D eigenvalue weighted by Gasteiger charge is 2.48. The number of nitrogens with zero attached hydrogens (tertiary/aromatic N) is 2. The monoisotopic (exact) mass is 388 g/mol. The maximum atomic E-state index is 13.3. The molecule has 2 amide bonds. The van der Waals surface area contributed by atoms with Gasteiger partial charge in [-0.05, 0) is 18.4 Å². The predicted molar refractivity (Wildman–Crippen MR) is 101 cm³/mol. The van der Waals surface area contributed by atoms with E-state index in [0.29, 0.717) is 58.7 Å². The van der Waals surface area contributed by atoms with E-state index < -0.39 is 5.41 Å². The van der Waals surface area contributed by atoms with Gasteiger partial charge >= 0.3 is 0 Å². The van der Waals surface area contributed by atoms with Crippen LogP contribution in [0.2, 0.25) is 0 Å². The van der Waals surface area contributed by atoms with Crippen molar-refractivity contribution in [2.75, 3.05) is 39.5 Å². The molecule has 1 N–H and O–H groups in total. The van der Waals surface area contributed by atoms with Gasteiger partial charge in [-0.3, -0.25) is 9.59 Å². The molecule has 3 aliphatic rings. The highest BCUT2D eigenvalue weighted by Crippen LogP contribution is 2.35. The Morgan fingerprint density at radius 2 is 1.89 bits per heavy atom. The molecule has 3 saturated heterocycles. The molecule has 0 aromatic heterocycles. The first kappa shape index (κ1) is 19.4. The van der Waals surface area contributed by atoms with Gasteiger partial charge in [0.1, 0.15) is 0 Å². The lowest BCUT2D eigenvalue weighted by Gasteiger charge is -2.37. The largest absolute Gasteiger partial charge is 0.395 e. The number of rotatable bonds is 4. The van der Waals surface area contributed by atoms with Crippen molar-refractivity contribution in [1.29, 1.82) is 0 Å². The zero-order chi connectivity index (χ0) is 19.6. The fourth-order valence-corrected chi connectivity index (χ4v) is 4.53. The summed E-state index contributed by atoms with van der Waals surface area (Å²) in [6.07, 6.45) is 1.24. The second-order valence-electron chi connectivity index (χ2n) is 7.99. The third-order valence-corrected chi connectivity index (χ3v) is 6.29. The van der Waals surface area contributed by atoms with Crippen molar-refractivity contribution in [1.82, 2.24) is 9.80 Å². The quantitative estimate of drug-likeness (QED) is 0.826.